The zero-order valence-electron chi connectivity index (χ0n) is 8.78. The quantitative estimate of drug-likeness (QED) is 0.662. The molecule has 1 aromatic rings. The van der Waals surface area contributed by atoms with Gasteiger partial charge in [-0.1, -0.05) is 18.2 Å². The summed E-state index contributed by atoms with van der Waals surface area (Å²) in [6.45, 7) is 1.88. The van der Waals surface area contributed by atoms with Crippen LogP contribution in [0.3, 0.4) is 0 Å². The van der Waals surface area contributed by atoms with Crippen molar-refractivity contribution in [2.45, 2.75) is 13.0 Å². The highest BCUT2D eigenvalue weighted by atomic mass is 32.2. The predicted molar refractivity (Wildman–Crippen MR) is 59.4 cm³/mol. The van der Waals surface area contributed by atoms with E-state index in [1.165, 1.54) is 0 Å². The summed E-state index contributed by atoms with van der Waals surface area (Å²) in [5, 5.41) is 12.6. The van der Waals surface area contributed by atoms with Gasteiger partial charge in [-0.3, -0.25) is 4.55 Å². The molecule has 0 spiro atoms. The molecule has 0 aliphatic rings. The van der Waals surface area contributed by atoms with Gasteiger partial charge in [-0.25, -0.2) is 5.14 Å². The number of benzene rings is 1. The molecule has 0 amide bonds. The maximum atomic E-state index is 8.97. The molecule has 0 saturated carbocycles. The standard InChI is InChI=1S/C9H12O2.H3NO3S/c1-8(7-10)11-9-5-3-2-4-6-9;1-5(2,3)4/h2-6,8,10H,7H2,1H3;(H3,1,2,3,4). The first-order chi connectivity index (χ1) is 7.33. The Balaban J connectivity index is 0.000000385. The Kier molecular flexibility index (Phi) is 6.66. The van der Waals surface area contributed by atoms with E-state index in [0.29, 0.717) is 0 Å². The van der Waals surface area contributed by atoms with Crippen molar-refractivity contribution in [3.8, 4) is 5.75 Å². The van der Waals surface area contributed by atoms with Crippen molar-refractivity contribution in [1.29, 1.82) is 0 Å². The molecule has 1 rings (SSSR count). The maximum absolute atomic E-state index is 8.97. The van der Waals surface area contributed by atoms with Crippen LogP contribution in [0, 0.1) is 0 Å². The second-order valence-corrected chi connectivity index (χ2v) is 3.97. The smallest absolute Gasteiger partial charge is 0.330 e. The Morgan fingerprint density at radius 2 is 1.81 bits per heavy atom. The molecule has 7 heteroatoms. The highest BCUT2D eigenvalue weighted by Gasteiger charge is 1.99. The number of ether oxygens (including phenoxy) is 1. The zero-order chi connectivity index (χ0) is 12.6. The van der Waals surface area contributed by atoms with Gasteiger partial charge >= 0.3 is 10.3 Å². The molecule has 0 aliphatic carbocycles. The number of aliphatic hydroxyl groups excluding tert-OH is 1. The Labute approximate surface area is 94.5 Å². The average Bonchev–Trinajstić information content (AvgIpc) is 2.16. The summed E-state index contributed by atoms with van der Waals surface area (Å²) >= 11 is 0. The molecule has 92 valence electrons. The van der Waals surface area contributed by atoms with Crippen LogP contribution in [0.5, 0.6) is 5.75 Å². The van der Waals surface area contributed by atoms with Crippen LogP contribution >= 0.6 is 0 Å². The Hall–Kier alpha value is -1.15. The summed E-state index contributed by atoms with van der Waals surface area (Å²) in [6.07, 6.45) is -0.127. The van der Waals surface area contributed by atoms with Crippen molar-refractivity contribution in [1.82, 2.24) is 0 Å². The number of hydrogen-bond acceptors (Lipinski definition) is 4. The van der Waals surface area contributed by atoms with Gasteiger partial charge in [0.1, 0.15) is 11.9 Å². The SMILES string of the molecule is CC(CO)Oc1ccccc1.NS(=O)(=O)O. The molecule has 0 saturated heterocycles. The minimum Gasteiger partial charge on any atom is -0.488 e. The second kappa shape index (κ2) is 7.18. The topological polar surface area (TPSA) is 110 Å². The van der Waals surface area contributed by atoms with Crippen LogP contribution < -0.4 is 9.88 Å². The van der Waals surface area contributed by atoms with Gasteiger partial charge in [0.05, 0.1) is 6.61 Å². The van der Waals surface area contributed by atoms with Gasteiger partial charge in [-0.2, -0.15) is 8.42 Å². The van der Waals surface area contributed by atoms with E-state index in [0.717, 1.165) is 5.75 Å². The van der Waals surface area contributed by atoms with Gasteiger partial charge in [0.15, 0.2) is 0 Å². The molecular formula is C9H15NO5S. The number of rotatable bonds is 3. The van der Waals surface area contributed by atoms with Crippen LogP contribution in [0.25, 0.3) is 0 Å². The summed E-state index contributed by atoms with van der Waals surface area (Å²) in [7, 11) is -4.17. The summed E-state index contributed by atoms with van der Waals surface area (Å²) < 4.78 is 30.5. The van der Waals surface area contributed by atoms with Gasteiger partial charge in [0.2, 0.25) is 0 Å². The molecule has 1 unspecified atom stereocenters. The lowest BCUT2D eigenvalue weighted by Crippen LogP contribution is -2.15. The van der Waals surface area contributed by atoms with Crippen LogP contribution in [0.2, 0.25) is 0 Å². The van der Waals surface area contributed by atoms with Crippen molar-refractivity contribution < 1.29 is 22.8 Å². The fraction of sp³-hybridized carbons (Fsp3) is 0.333. The van der Waals surface area contributed by atoms with Gasteiger partial charge in [0.25, 0.3) is 0 Å². The third-order valence-corrected chi connectivity index (χ3v) is 1.34. The summed E-state index contributed by atoms with van der Waals surface area (Å²) in [5.41, 5.74) is 0. The average molecular weight is 249 g/mol. The van der Waals surface area contributed by atoms with Crippen LogP contribution in [0.4, 0.5) is 0 Å². The Morgan fingerprint density at radius 1 is 1.38 bits per heavy atom. The highest BCUT2D eigenvalue weighted by Crippen LogP contribution is 2.09. The third kappa shape index (κ3) is 10.9. The van der Waals surface area contributed by atoms with Crippen molar-refractivity contribution >= 4 is 10.3 Å². The number of aliphatic hydroxyl groups is 1. The molecule has 16 heavy (non-hydrogen) atoms. The molecular weight excluding hydrogens is 234 g/mol. The van der Waals surface area contributed by atoms with E-state index in [-0.39, 0.29) is 12.7 Å². The molecule has 4 N–H and O–H groups in total. The van der Waals surface area contributed by atoms with E-state index in [9.17, 15) is 0 Å². The lowest BCUT2D eigenvalue weighted by atomic mass is 10.3. The van der Waals surface area contributed by atoms with Crippen molar-refractivity contribution in [3.63, 3.8) is 0 Å². The minimum atomic E-state index is -4.17. The second-order valence-electron chi connectivity index (χ2n) is 2.94. The zero-order valence-corrected chi connectivity index (χ0v) is 9.59. The van der Waals surface area contributed by atoms with E-state index < -0.39 is 10.3 Å². The normalized spacial score (nSPS) is 12.2. The lowest BCUT2D eigenvalue weighted by Gasteiger charge is -2.10. The molecule has 0 aromatic heterocycles. The largest absolute Gasteiger partial charge is 0.488 e. The maximum Gasteiger partial charge on any atom is 0.330 e. The first-order valence-corrected chi connectivity index (χ1v) is 5.91. The minimum absolute atomic E-state index is 0.0505. The molecule has 0 aliphatic heterocycles. The Bertz CT molecular complexity index is 370. The van der Waals surface area contributed by atoms with Crippen molar-refractivity contribution in [2.75, 3.05) is 6.61 Å². The molecule has 1 atom stereocenters. The number of hydrogen-bond donors (Lipinski definition) is 3. The Morgan fingerprint density at radius 3 is 2.19 bits per heavy atom. The fourth-order valence-corrected chi connectivity index (χ4v) is 0.769. The highest BCUT2D eigenvalue weighted by molar-refractivity contribution is 7.83. The van der Waals surface area contributed by atoms with Gasteiger partial charge in [-0.05, 0) is 19.1 Å². The molecule has 0 radical (unpaired) electrons. The van der Waals surface area contributed by atoms with Crippen LogP contribution in [-0.4, -0.2) is 30.8 Å². The first-order valence-electron chi connectivity index (χ1n) is 4.40. The summed E-state index contributed by atoms with van der Waals surface area (Å²) in [5.74, 6) is 0.800. The third-order valence-electron chi connectivity index (χ3n) is 1.34. The van der Waals surface area contributed by atoms with E-state index in [4.69, 9.17) is 22.8 Å². The van der Waals surface area contributed by atoms with Gasteiger partial charge in [0, 0.05) is 0 Å². The van der Waals surface area contributed by atoms with E-state index in [2.05, 4.69) is 5.14 Å². The molecule has 6 nitrogen and oxygen atoms in total. The van der Waals surface area contributed by atoms with E-state index in [1.807, 2.05) is 37.3 Å². The van der Waals surface area contributed by atoms with E-state index in [1.54, 1.807) is 0 Å². The fourth-order valence-electron chi connectivity index (χ4n) is 0.769. The summed E-state index contributed by atoms with van der Waals surface area (Å²) in [6, 6.07) is 9.47. The summed E-state index contributed by atoms with van der Waals surface area (Å²) in [4.78, 5) is 0. The van der Waals surface area contributed by atoms with Gasteiger partial charge in [-0.15, -0.1) is 0 Å². The van der Waals surface area contributed by atoms with Gasteiger partial charge < -0.3 is 9.84 Å². The molecule has 0 fully saturated rings. The van der Waals surface area contributed by atoms with Crippen LogP contribution in [0.1, 0.15) is 6.92 Å². The number of para-hydroxylation sites is 1. The van der Waals surface area contributed by atoms with Crippen molar-refractivity contribution in [2.24, 2.45) is 5.14 Å². The first kappa shape index (κ1) is 14.8. The molecule has 0 bridgehead atoms. The van der Waals surface area contributed by atoms with Crippen LogP contribution in [-0.2, 0) is 10.3 Å². The number of nitrogens with two attached hydrogens (primary N) is 1. The predicted octanol–water partition coefficient (Wildman–Crippen LogP) is 0.194. The van der Waals surface area contributed by atoms with Crippen LogP contribution in [0.15, 0.2) is 30.3 Å². The van der Waals surface area contributed by atoms with E-state index >= 15 is 0 Å². The monoisotopic (exact) mass is 249 g/mol. The lowest BCUT2D eigenvalue weighted by molar-refractivity contribution is 0.130. The van der Waals surface area contributed by atoms with Crippen molar-refractivity contribution in [3.05, 3.63) is 30.3 Å². The molecule has 1 aromatic carbocycles. The molecule has 0 heterocycles.